The molecule has 190 valence electrons. The molecule has 0 bridgehead atoms. The van der Waals surface area contributed by atoms with Gasteiger partial charge < -0.3 is 0 Å². The van der Waals surface area contributed by atoms with Gasteiger partial charge in [-0.1, -0.05) is 19.3 Å². The third-order valence-corrected chi connectivity index (χ3v) is 14.3. The summed E-state index contributed by atoms with van der Waals surface area (Å²) in [5, 5.41) is 0. The molecule has 1 aromatic rings. The zero-order valence-electron chi connectivity index (χ0n) is 21.0. The molecule has 3 aliphatic carbocycles. The Kier molecular flexibility index (Phi) is 13.4. The van der Waals surface area contributed by atoms with Gasteiger partial charge in [-0.15, -0.1) is 0 Å². The normalized spacial score (nSPS) is 21.5. The molecule has 3 saturated carbocycles. The molecular weight excluding hydrogens is 551 g/mol. The van der Waals surface area contributed by atoms with E-state index in [2.05, 4.69) is 32.4 Å². The van der Waals surface area contributed by atoms with Crippen LogP contribution in [0.15, 0.2) is 24.3 Å². The Hall–Kier alpha value is 0.593. The van der Waals surface area contributed by atoms with Crippen molar-refractivity contribution in [2.45, 2.75) is 127 Å². The molecule has 3 fully saturated rings. The predicted molar refractivity (Wildman–Crippen MR) is 150 cm³/mol. The van der Waals surface area contributed by atoms with Crippen molar-refractivity contribution in [3.05, 3.63) is 41.8 Å². The van der Waals surface area contributed by atoms with Crippen LogP contribution in [0.2, 0.25) is 0 Å². The number of hydrogen-bond acceptors (Lipinski definition) is 0. The fourth-order valence-electron chi connectivity index (χ4n) is 6.51. The van der Waals surface area contributed by atoms with E-state index in [4.69, 9.17) is 19.4 Å². The molecule has 0 aliphatic heterocycles. The molecule has 0 nitrogen and oxygen atoms in total. The average molecular weight is 599 g/mol. The zero-order chi connectivity index (χ0) is 23.5. The molecule has 4 rings (SSSR count). The van der Waals surface area contributed by atoms with E-state index < -0.39 is 13.5 Å². The summed E-state index contributed by atoms with van der Waals surface area (Å²) in [4.78, 5) is 0. The van der Waals surface area contributed by atoms with Crippen LogP contribution in [-0.2, 0) is 13.5 Å². The number of rotatable bonds is 6. The van der Waals surface area contributed by atoms with Crippen molar-refractivity contribution in [2.75, 3.05) is 0 Å². The second-order valence-electron chi connectivity index (χ2n) is 10.9. The van der Waals surface area contributed by atoms with Crippen LogP contribution in [0, 0.1) is 12.3 Å². The third kappa shape index (κ3) is 9.87. The Morgan fingerprint density at radius 1 is 0.758 bits per heavy atom. The van der Waals surface area contributed by atoms with Gasteiger partial charge in [0.1, 0.15) is 0 Å². The molecule has 0 aromatic heterocycles. The number of hydrogen-bond donors (Lipinski definition) is 0. The van der Waals surface area contributed by atoms with Gasteiger partial charge in [0, 0.05) is 7.92 Å². The van der Waals surface area contributed by atoms with Crippen LogP contribution in [0.5, 0.6) is 0 Å². The summed E-state index contributed by atoms with van der Waals surface area (Å²) in [5.74, 6) is 0.538. The van der Waals surface area contributed by atoms with Crippen molar-refractivity contribution in [1.82, 2.24) is 0 Å². The third-order valence-electron chi connectivity index (χ3n) is 7.93. The molecule has 4 heteroatoms. The summed E-state index contributed by atoms with van der Waals surface area (Å²) < 4.78 is 1.99. The second-order valence-corrected chi connectivity index (χ2v) is 20.0. The Labute approximate surface area is 219 Å². The van der Waals surface area contributed by atoms with Crippen LogP contribution in [0.25, 0.3) is 0 Å². The molecule has 0 amide bonds. The van der Waals surface area contributed by atoms with Crippen LogP contribution in [-0.4, -0.2) is 21.6 Å². The minimum atomic E-state index is -1.71. The number of benzene rings is 1. The topological polar surface area (TPSA) is 0 Å². The zero-order valence-corrected chi connectivity index (χ0v) is 25.2. The Balaban J connectivity index is 0.000000196. The predicted octanol–water partition coefficient (Wildman–Crippen LogP) is 10.2. The van der Waals surface area contributed by atoms with Crippen molar-refractivity contribution < 1.29 is 13.5 Å². The van der Waals surface area contributed by atoms with Crippen LogP contribution < -0.4 is 0 Å². The van der Waals surface area contributed by atoms with E-state index in [1.807, 2.05) is 16.7 Å². The van der Waals surface area contributed by atoms with E-state index in [1.165, 1.54) is 22.5 Å². The maximum absolute atomic E-state index is 5.86. The molecule has 33 heavy (non-hydrogen) atoms. The van der Waals surface area contributed by atoms with E-state index in [0.29, 0.717) is 5.92 Å². The molecule has 0 N–H and O–H groups in total. The average Bonchev–Trinajstić information content (AvgIpc) is 2.83. The van der Waals surface area contributed by atoms with E-state index in [-0.39, 0.29) is 7.92 Å². The van der Waals surface area contributed by atoms with Crippen molar-refractivity contribution in [2.24, 2.45) is 5.92 Å². The van der Waals surface area contributed by atoms with Crippen molar-refractivity contribution in [3.63, 3.8) is 0 Å². The van der Waals surface area contributed by atoms with Gasteiger partial charge in [0.05, 0.1) is 17.0 Å². The van der Waals surface area contributed by atoms with Gasteiger partial charge in [-0.05, 0) is 77.0 Å². The Morgan fingerprint density at radius 2 is 1.18 bits per heavy atom. The molecule has 0 spiro atoms. The first-order valence-electron chi connectivity index (χ1n) is 13.7. The van der Waals surface area contributed by atoms with E-state index in [0.717, 1.165) is 5.56 Å². The first-order valence-corrected chi connectivity index (χ1v) is 20.9. The number of halogens is 2. The monoisotopic (exact) mass is 598 g/mol. The molecule has 1 aromatic carbocycles. The van der Waals surface area contributed by atoms with Crippen LogP contribution >= 0.6 is 27.3 Å². The van der Waals surface area contributed by atoms with E-state index >= 15 is 0 Å². The SMILES string of the molecule is C1CCC([PH+](C2CCCCC2)C2CCCCC2)CC1.CC(C)[CH-]c1ccccc1[CH]=[Ru]([Cl])[Cl]. The van der Waals surface area contributed by atoms with Crippen molar-refractivity contribution >= 4 is 31.9 Å². The van der Waals surface area contributed by atoms with Crippen LogP contribution in [0.1, 0.15) is 121 Å². The summed E-state index contributed by atoms with van der Waals surface area (Å²) in [6, 6.07) is 8.19. The quantitative estimate of drug-likeness (QED) is 0.174. The molecule has 0 atom stereocenters. The summed E-state index contributed by atoms with van der Waals surface area (Å²) >= 11 is -1.71. The van der Waals surface area contributed by atoms with Crippen molar-refractivity contribution in [3.8, 4) is 0 Å². The first-order chi connectivity index (χ1) is 16.0. The molecule has 0 radical (unpaired) electrons. The Morgan fingerprint density at radius 3 is 1.58 bits per heavy atom. The van der Waals surface area contributed by atoms with Gasteiger partial charge in [0.15, 0.2) is 0 Å². The fourth-order valence-corrected chi connectivity index (χ4v) is 13.6. The fraction of sp³-hybridized carbons (Fsp3) is 0.724. The second kappa shape index (κ2) is 15.7. The van der Waals surface area contributed by atoms with E-state index in [1.54, 1.807) is 96.3 Å². The van der Waals surface area contributed by atoms with Crippen LogP contribution in [0.4, 0.5) is 0 Å². The van der Waals surface area contributed by atoms with Crippen LogP contribution in [0.3, 0.4) is 0 Å². The summed E-state index contributed by atoms with van der Waals surface area (Å²) in [5.41, 5.74) is 6.06. The van der Waals surface area contributed by atoms with Gasteiger partial charge in [0.2, 0.25) is 0 Å². The maximum atomic E-state index is 5.86. The van der Waals surface area contributed by atoms with Gasteiger partial charge in [-0.25, -0.2) is 0 Å². The molecule has 0 heterocycles. The Bertz CT molecular complexity index is 655. The van der Waals surface area contributed by atoms with Crippen molar-refractivity contribution in [1.29, 1.82) is 0 Å². The minimum absolute atomic E-state index is 0.0465. The summed E-state index contributed by atoms with van der Waals surface area (Å²) in [6.07, 6.45) is 26.0. The molecule has 0 unspecified atom stereocenters. The van der Waals surface area contributed by atoms with Gasteiger partial charge >= 0.3 is 99.1 Å². The van der Waals surface area contributed by atoms with Gasteiger partial charge in [-0.2, -0.15) is 0 Å². The standard InChI is InChI=1S/C18H33P.C11H13.2ClH.Ru/c1-4-10-16(11-5-1)19(17-12-6-2-7-13-17)18-14-8-3-9-15-18;1-9(2)8-11-7-5-4-6-10(11)3;;;/h16-18H,1-15H2;3-9H,1-2H3;2*1H;/q;-1;;;+2/p-1. The van der Waals surface area contributed by atoms with E-state index in [9.17, 15) is 0 Å². The summed E-state index contributed by atoms with van der Waals surface area (Å²) in [7, 11) is 11.7. The molecule has 0 saturated heterocycles. The van der Waals surface area contributed by atoms with Gasteiger partial charge in [0.25, 0.3) is 0 Å². The molecular formula is C29H47Cl2PRu. The first kappa shape index (κ1) is 28.2. The van der Waals surface area contributed by atoms with Gasteiger partial charge in [-0.3, -0.25) is 0 Å². The molecule has 3 aliphatic rings. The summed E-state index contributed by atoms with van der Waals surface area (Å²) in [6.45, 7) is 4.32.